The van der Waals surface area contributed by atoms with E-state index in [1.54, 1.807) is 12.1 Å². The van der Waals surface area contributed by atoms with Gasteiger partial charge in [0.1, 0.15) is 0 Å². The lowest BCUT2D eigenvalue weighted by molar-refractivity contribution is -0.116. The minimum atomic E-state index is 0.0955. The Balaban J connectivity index is 1.72. The summed E-state index contributed by atoms with van der Waals surface area (Å²) in [5.41, 5.74) is 0.852. The molecule has 85 valence electrons. The second-order valence-corrected chi connectivity index (χ2v) is 4.14. The molecule has 1 heterocycles. The van der Waals surface area contributed by atoms with E-state index in [0.717, 1.165) is 25.3 Å². The molecule has 0 saturated carbocycles. The Bertz CT molecular complexity index is 331. The Morgan fingerprint density at radius 3 is 2.69 bits per heavy atom. The van der Waals surface area contributed by atoms with Crippen LogP contribution < -0.4 is 5.32 Å². The Labute approximate surface area is 96.5 Å². The summed E-state index contributed by atoms with van der Waals surface area (Å²) in [4.78, 5) is 14.0. The Hall–Kier alpha value is -1.35. The molecule has 0 bridgehead atoms. The zero-order valence-corrected chi connectivity index (χ0v) is 9.41. The van der Waals surface area contributed by atoms with E-state index in [4.69, 9.17) is 0 Å². The number of hydrogen-bond donors (Lipinski definition) is 1. The van der Waals surface area contributed by atoms with Crippen LogP contribution in [0.4, 0.5) is 5.69 Å². The van der Waals surface area contributed by atoms with Gasteiger partial charge in [-0.25, -0.2) is 0 Å². The zero-order chi connectivity index (χ0) is 11.2. The van der Waals surface area contributed by atoms with Crippen LogP contribution in [0.25, 0.3) is 0 Å². The van der Waals surface area contributed by atoms with Crippen molar-refractivity contribution in [1.82, 2.24) is 4.90 Å². The third-order valence-corrected chi connectivity index (χ3v) is 2.86. The van der Waals surface area contributed by atoms with Gasteiger partial charge in [-0.15, -0.1) is 0 Å². The number of carbonyl (C=O) groups excluding carboxylic acids is 1. The van der Waals surface area contributed by atoms with E-state index in [1.165, 1.54) is 12.8 Å². The maximum atomic E-state index is 11.6. The van der Waals surface area contributed by atoms with Crippen molar-refractivity contribution < 1.29 is 4.79 Å². The molecule has 2 rings (SSSR count). The van der Waals surface area contributed by atoms with Gasteiger partial charge in [-0.3, -0.25) is 4.79 Å². The Morgan fingerprint density at radius 2 is 2.00 bits per heavy atom. The molecule has 1 amide bonds. The summed E-state index contributed by atoms with van der Waals surface area (Å²) in [6, 6.07) is 10.2. The van der Waals surface area contributed by atoms with E-state index in [9.17, 15) is 4.79 Å². The number of nitrogens with one attached hydrogen (secondary N) is 1. The molecule has 1 radical (unpaired) electrons. The van der Waals surface area contributed by atoms with Gasteiger partial charge in [0.2, 0.25) is 5.91 Å². The number of anilines is 1. The molecule has 1 fully saturated rings. The number of rotatable bonds is 4. The maximum absolute atomic E-state index is 11.6. The van der Waals surface area contributed by atoms with E-state index >= 15 is 0 Å². The van der Waals surface area contributed by atoms with E-state index in [0.29, 0.717) is 6.42 Å². The molecule has 1 saturated heterocycles. The van der Waals surface area contributed by atoms with Crippen LogP contribution >= 0.6 is 0 Å². The van der Waals surface area contributed by atoms with Crippen LogP contribution in [0.1, 0.15) is 19.3 Å². The molecule has 1 N–H and O–H groups in total. The first kappa shape index (κ1) is 11.1. The third kappa shape index (κ3) is 3.35. The number of likely N-dealkylation sites (tertiary alicyclic amines) is 1. The fraction of sp³-hybridized carbons (Fsp3) is 0.462. The molecule has 0 spiro atoms. The van der Waals surface area contributed by atoms with Crippen LogP contribution in [0.3, 0.4) is 0 Å². The largest absolute Gasteiger partial charge is 0.326 e. The van der Waals surface area contributed by atoms with Gasteiger partial charge in [0.25, 0.3) is 0 Å². The molecule has 1 aromatic rings. The molecule has 3 nitrogen and oxygen atoms in total. The third-order valence-electron chi connectivity index (χ3n) is 2.86. The fourth-order valence-electron chi connectivity index (χ4n) is 1.96. The number of hydrogen-bond acceptors (Lipinski definition) is 2. The summed E-state index contributed by atoms with van der Waals surface area (Å²) in [7, 11) is 0. The second-order valence-electron chi connectivity index (χ2n) is 4.14. The molecule has 1 aliphatic heterocycles. The van der Waals surface area contributed by atoms with Crippen molar-refractivity contribution in [3.8, 4) is 0 Å². The first-order valence-electron chi connectivity index (χ1n) is 5.83. The van der Waals surface area contributed by atoms with Crippen molar-refractivity contribution in [2.75, 3.05) is 25.0 Å². The first-order chi connectivity index (χ1) is 7.84. The second kappa shape index (κ2) is 5.66. The van der Waals surface area contributed by atoms with Crippen LogP contribution in [0.15, 0.2) is 24.3 Å². The van der Waals surface area contributed by atoms with Gasteiger partial charge in [-0.05, 0) is 44.1 Å². The Morgan fingerprint density at radius 1 is 1.31 bits per heavy atom. The van der Waals surface area contributed by atoms with Gasteiger partial charge in [0.15, 0.2) is 0 Å². The van der Waals surface area contributed by atoms with Gasteiger partial charge in [0.05, 0.1) is 0 Å². The van der Waals surface area contributed by atoms with E-state index in [2.05, 4.69) is 16.3 Å². The summed E-state index contributed by atoms with van der Waals surface area (Å²) in [5.74, 6) is 0.0955. The van der Waals surface area contributed by atoms with E-state index in [-0.39, 0.29) is 5.91 Å². The van der Waals surface area contributed by atoms with Crippen molar-refractivity contribution in [2.45, 2.75) is 19.3 Å². The molecule has 0 unspecified atom stereocenters. The van der Waals surface area contributed by atoms with E-state index in [1.807, 2.05) is 12.1 Å². The van der Waals surface area contributed by atoms with Crippen molar-refractivity contribution >= 4 is 11.6 Å². The summed E-state index contributed by atoms with van der Waals surface area (Å²) >= 11 is 0. The van der Waals surface area contributed by atoms with Crippen LogP contribution in [0.5, 0.6) is 0 Å². The predicted octanol–water partition coefficient (Wildman–Crippen LogP) is 1.91. The van der Waals surface area contributed by atoms with Crippen molar-refractivity contribution in [3.63, 3.8) is 0 Å². The minimum Gasteiger partial charge on any atom is -0.326 e. The smallest absolute Gasteiger partial charge is 0.225 e. The highest BCUT2D eigenvalue weighted by atomic mass is 16.1. The standard InChI is InChI=1S/C13H17N2O/c16-13(8-11-15-9-4-5-10-15)14-12-6-2-1-3-7-12/h2-3,6-7H,4-5,8-11H2,(H,14,16). The minimum absolute atomic E-state index is 0.0955. The SMILES string of the molecule is O=C(CCN1CCCC1)Nc1cc[c]cc1. The molecule has 0 atom stereocenters. The van der Waals surface area contributed by atoms with Crippen molar-refractivity contribution in [2.24, 2.45) is 0 Å². The molecular weight excluding hydrogens is 200 g/mol. The van der Waals surface area contributed by atoms with E-state index < -0.39 is 0 Å². The van der Waals surface area contributed by atoms with Crippen LogP contribution in [-0.2, 0) is 4.79 Å². The molecular formula is C13H17N2O. The van der Waals surface area contributed by atoms with Crippen molar-refractivity contribution in [3.05, 3.63) is 30.3 Å². The Kier molecular flexibility index (Phi) is 3.94. The topological polar surface area (TPSA) is 32.3 Å². The zero-order valence-electron chi connectivity index (χ0n) is 9.41. The number of nitrogens with zero attached hydrogens (tertiary/aromatic N) is 1. The normalized spacial score (nSPS) is 16.2. The van der Waals surface area contributed by atoms with Gasteiger partial charge < -0.3 is 10.2 Å². The van der Waals surface area contributed by atoms with Crippen LogP contribution in [0.2, 0.25) is 0 Å². The van der Waals surface area contributed by atoms with Gasteiger partial charge in [0, 0.05) is 18.7 Å². The van der Waals surface area contributed by atoms with Gasteiger partial charge in [-0.2, -0.15) is 0 Å². The lowest BCUT2D eigenvalue weighted by Gasteiger charge is -2.13. The molecule has 3 heteroatoms. The van der Waals surface area contributed by atoms with Crippen LogP contribution in [-0.4, -0.2) is 30.4 Å². The average molecular weight is 217 g/mol. The summed E-state index contributed by atoms with van der Waals surface area (Å²) in [5, 5.41) is 2.88. The van der Waals surface area contributed by atoms with Gasteiger partial charge >= 0.3 is 0 Å². The first-order valence-corrected chi connectivity index (χ1v) is 5.83. The van der Waals surface area contributed by atoms with Crippen LogP contribution in [0, 0.1) is 6.07 Å². The molecule has 0 aromatic heterocycles. The fourth-order valence-corrected chi connectivity index (χ4v) is 1.96. The number of carbonyl (C=O) groups is 1. The monoisotopic (exact) mass is 217 g/mol. The summed E-state index contributed by atoms with van der Waals surface area (Å²) in [6.07, 6.45) is 3.13. The highest BCUT2D eigenvalue weighted by molar-refractivity contribution is 5.90. The van der Waals surface area contributed by atoms with Gasteiger partial charge in [-0.1, -0.05) is 12.1 Å². The molecule has 1 aliphatic rings. The summed E-state index contributed by atoms with van der Waals surface area (Å²) < 4.78 is 0. The maximum Gasteiger partial charge on any atom is 0.225 e. The lowest BCUT2D eigenvalue weighted by atomic mass is 10.3. The molecule has 1 aromatic carbocycles. The predicted molar refractivity (Wildman–Crippen MR) is 64.2 cm³/mol. The average Bonchev–Trinajstić information content (AvgIpc) is 2.81. The highest BCUT2D eigenvalue weighted by Crippen LogP contribution is 2.09. The van der Waals surface area contributed by atoms with Crippen molar-refractivity contribution in [1.29, 1.82) is 0 Å². The molecule has 16 heavy (non-hydrogen) atoms. The number of benzene rings is 1. The number of amides is 1. The summed E-state index contributed by atoms with van der Waals surface area (Å²) in [6.45, 7) is 3.17. The quantitative estimate of drug-likeness (QED) is 0.835. The lowest BCUT2D eigenvalue weighted by Crippen LogP contribution is -2.25. The highest BCUT2D eigenvalue weighted by Gasteiger charge is 2.12. The molecule has 0 aliphatic carbocycles.